The summed E-state index contributed by atoms with van der Waals surface area (Å²) in [4.78, 5) is 16.6. The van der Waals surface area contributed by atoms with E-state index in [1.165, 1.54) is 10.8 Å². The first-order valence-electron chi connectivity index (χ1n) is 14.4. The van der Waals surface area contributed by atoms with Crippen LogP contribution in [0.4, 0.5) is 0 Å². The first-order valence-corrected chi connectivity index (χ1v) is 14.4. The second-order valence-corrected chi connectivity index (χ2v) is 11.1. The van der Waals surface area contributed by atoms with Crippen LogP contribution < -0.4 is 15.7 Å². The summed E-state index contributed by atoms with van der Waals surface area (Å²) in [7, 11) is 2.04. The fraction of sp³-hybridized carbons (Fsp3) is 0.516. The van der Waals surface area contributed by atoms with Gasteiger partial charge in [0.1, 0.15) is 5.75 Å². The van der Waals surface area contributed by atoms with Crippen LogP contribution in [0.5, 0.6) is 11.6 Å². The fourth-order valence-electron chi connectivity index (χ4n) is 4.85. The number of ether oxygens (including phenoxy) is 3. The average Bonchev–Trinajstić information content (AvgIpc) is 3.28. The molecule has 0 saturated carbocycles. The summed E-state index contributed by atoms with van der Waals surface area (Å²) in [5.74, 6) is 0.0904. The Morgan fingerprint density at radius 2 is 1.98 bits per heavy atom. The lowest BCUT2D eigenvalue weighted by Crippen LogP contribution is -2.35. The zero-order valence-corrected chi connectivity index (χ0v) is 24.4. The topological polar surface area (TPSA) is 121 Å². The third kappa shape index (κ3) is 9.17. The number of unbranched alkanes of at least 4 members (excludes halogenated alkanes) is 3. The lowest BCUT2D eigenvalue weighted by atomic mass is 10.0. The second kappa shape index (κ2) is 14.7. The van der Waals surface area contributed by atoms with Gasteiger partial charge in [0.2, 0.25) is 11.7 Å². The minimum absolute atomic E-state index is 0.110. The number of imidazole rings is 1. The maximum atomic E-state index is 11.9. The monoisotopic (exact) mass is 568 g/mol. The minimum atomic E-state index is -0.618. The molecule has 0 aliphatic carbocycles. The molecule has 0 amide bonds. The van der Waals surface area contributed by atoms with Gasteiger partial charge in [-0.05, 0) is 61.8 Å². The molecule has 0 spiro atoms. The zero-order chi connectivity index (χ0) is 29.2. The minimum Gasteiger partial charge on any atom is -0.493 e. The highest BCUT2D eigenvalue weighted by molar-refractivity contribution is 5.39. The van der Waals surface area contributed by atoms with Crippen LogP contribution >= 0.6 is 0 Å². The number of likely N-dealkylation sites (N-methyl/N-ethyl adjacent to an activating group) is 1. The van der Waals surface area contributed by atoms with E-state index in [1.54, 1.807) is 6.07 Å². The first-order chi connectivity index (χ1) is 19.7. The molecule has 0 saturated heterocycles. The van der Waals surface area contributed by atoms with Crippen LogP contribution in [-0.4, -0.2) is 70.3 Å². The molecule has 0 bridgehead atoms. The third-order valence-electron chi connectivity index (χ3n) is 7.13. The number of aromatic hydroxyl groups is 1. The molecule has 1 aliphatic rings. The van der Waals surface area contributed by atoms with Gasteiger partial charge in [-0.2, -0.15) is 0 Å². The number of fused-ring (bicyclic) bond motifs is 1. The van der Waals surface area contributed by atoms with Crippen molar-refractivity contribution >= 4 is 0 Å². The second-order valence-electron chi connectivity index (χ2n) is 11.1. The number of aliphatic hydroxyl groups is 1. The van der Waals surface area contributed by atoms with Crippen LogP contribution in [0.15, 0.2) is 53.5 Å². The summed E-state index contributed by atoms with van der Waals surface area (Å²) in [6, 6.07) is 13.4. The molecule has 224 valence electrons. The molecule has 2 aromatic carbocycles. The number of aliphatic hydroxyl groups excluding tert-OH is 1. The quantitative estimate of drug-likeness (QED) is 0.192. The lowest BCUT2D eigenvalue weighted by Gasteiger charge is -2.33. The molecule has 0 unspecified atom stereocenters. The van der Waals surface area contributed by atoms with E-state index in [1.807, 2.05) is 57.3 Å². The first kappa shape index (κ1) is 30.8. The zero-order valence-electron chi connectivity index (χ0n) is 24.4. The van der Waals surface area contributed by atoms with Crippen LogP contribution in [0.25, 0.3) is 5.69 Å². The molecular formula is C31H44N4O6. The molecule has 3 aromatic rings. The number of hydrogen-bond donors (Lipinski definition) is 4. The van der Waals surface area contributed by atoms with Gasteiger partial charge in [0.15, 0.2) is 0 Å². The Kier molecular flexibility index (Phi) is 11.0. The van der Waals surface area contributed by atoms with Crippen LogP contribution in [0.2, 0.25) is 0 Å². The van der Waals surface area contributed by atoms with E-state index in [4.69, 9.17) is 14.2 Å². The van der Waals surface area contributed by atoms with Gasteiger partial charge in [-0.25, -0.2) is 9.36 Å². The average molecular weight is 569 g/mol. The number of aromatic amines is 1. The molecule has 1 aliphatic heterocycles. The molecule has 10 nitrogen and oxygen atoms in total. The summed E-state index contributed by atoms with van der Waals surface area (Å²) < 4.78 is 18.6. The van der Waals surface area contributed by atoms with E-state index >= 15 is 0 Å². The summed E-state index contributed by atoms with van der Waals surface area (Å²) in [6.45, 7) is 8.57. The normalized spacial score (nSPS) is 15.0. The predicted molar refractivity (Wildman–Crippen MR) is 157 cm³/mol. The smallest absolute Gasteiger partial charge is 0.333 e. The van der Waals surface area contributed by atoms with Crippen molar-refractivity contribution in [2.45, 2.75) is 64.6 Å². The van der Waals surface area contributed by atoms with Crippen LogP contribution in [0.3, 0.4) is 0 Å². The standard InChI is InChI=1S/C31H44N4O6/c1-31(2)40-22-25-18-24(11-12-28(25)41-31)27(36)19-32-13-6-4-5-7-15-39-16-14-34(3)21-23-9-8-10-26(17-23)35-29(37)20-33-30(35)38/h8-12,17-18,20,27,32,36-37H,4-7,13-16,19,21-22H2,1-3H3,(H,33,38)/t27-/m0/s1. The maximum absolute atomic E-state index is 11.9. The fourth-order valence-corrected chi connectivity index (χ4v) is 4.85. The maximum Gasteiger partial charge on any atom is 0.333 e. The van der Waals surface area contributed by atoms with Crippen molar-refractivity contribution in [1.82, 2.24) is 19.8 Å². The molecule has 2 heterocycles. The summed E-state index contributed by atoms with van der Waals surface area (Å²) in [5.41, 5.74) is 3.15. The van der Waals surface area contributed by atoms with Crippen molar-refractivity contribution in [2.75, 3.05) is 39.9 Å². The van der Waals surface area contributed by atoms with Gasteiger partial charge in [-0.15, -0.1) is 0 Å². The largest absolute Gasteiger partial charge is 0.493 e. The third-order valence-corrected chi connectivity index (χ3v) is 7.13. The van der Waals surface area contributed by atoms with Gasteiger partial charge < -0.3 is 34.7 Å². The molecular weight excluding hydrogens is 524 g/mol. The Balaban J connectivity index is 1.02. The van der Waals surface area contributed by atoms with Crippen molar-refractivity contribution in [2.24, 2.45) is 0 Å². The number of benzene rings is 2. The van der Waals surface area contributed by atoms with Crippen molar-refractivity contribution in [3.8, 4) is 17.3 Å². The van der Waals surface area contributed by atoms with Gasteiger partial charge >= 0.3 is 5.69 Å². The van der Waals surface area contributed by atoms with E-state index < -0.39 is 11.9 Å². The van der Waals surface area contributed by atoms with Gasteiger partial charge in [0.25, 0.3) is 0 Å². The Labute approximate surface area is 241 Å². The lowest BCUT2D eigenvalue weighted by molar-refractivity contribution is -0.180. The Morgan fingerprint density at radius 1 is 1.15 bits per heavy atom. The molecule has 4 rings (SSSR count). The van der Waals surface area contributed by atoms with Crippen LogP contribution in [-0.2, 0) is 22.6 Å². The Bertz CT molecular complexity index is 1300. The van der Waals surface area contributed by atoms with E-state index in [0.717, 1.165) is 67.8 Å². The summed E-state index contributed by atoms with van der Waals surface area (Å²) >= 11 is 0. The Morgan fingerprint density at radius 3 is 2.78 bits per heavy atom. The highest BCUT2D eigenvalue weighted by Gasteiger charge is 2.27. The number of nitrogens with zero attached hydrogens (tertiary/aromatic N) is 2. The van der Waals surface area contributed by atoms with Gasteiger partial charge in [0.05, 0.1) is 31.2 Å². The number of H-pyrrole nitrogens is 1. The van der Waals surface area contributed by atoms with E-state index in [9.17, 15) is 15.0 Å². The highest BCUT2D eigenvalue weighted by atomic mass is 16.7. The number of rotatable bonds is 16. The summed E-state index contributed by atoms with van der Waals surface area (Å²) in [5, 5.41) is 23.8. The van der Waals surface area contributed by atoms with Crippen molar-refractivity contribution in [3.63, 3.8) is 0 Å². The number of nitrogens with one attached hydrogen (secondary N) is 2. The van der Waals surface area contributed by atoms with Crippen molar-refractivity contribution in [1.29, 1.82) is 0 Å². The van der Waals surface area contributed by atoms with Gasteiger partial charge in [0, 0.05) is 45.7 Å². The van der Waals surface area contributed by atoms with Crippen LogP contribution in [0, 0.1) is 0 Å². The Hall–Kier alpha value is -3.15. The van der Waals surface area contributed by atoms with Crippen molar-refractivity contribution < 1.29 is 24.4 Å². The SMILES string of the molecule is CN(CCOCCCCCCNC[C@H](O)c1ccc2c(c1)COC(C)(C)O2)Cc1cccc(-n2c(O)c[nH]c2=O)c1. The molecule has 0 radical (unpaired) electrons. The molecule has 4 N–H and O–H groups in total. The predicted octanol–water partition coefficient (Wildman–Crippen LogP) is 3.85. The molecule has 1 atom stereocenters. The number of hydrogen-bond acceptors (Lipinski definition) is 8. The molecule has 10 heteroatoms. The van der Waals surface area contributed by atoms with Gasteiger partial charge in [-0.3, -0.25) is 4.90 Å². The molecule has 1 aromatic heterocycles. The van der Waals surface area contributed by atoms with Crippen LogP contribution in [0.1, 0.15) is 62.3 Å². The molecule has 0 fully saturated rings. The van der Waals surface area contributed by atoms with E-state index in [2.05, 4.69) is 15.2 Å². The molecule has 41 heavy (non-hydrogen) atoms. The highest BCUT2D eigenvalue weighted by Crippen LogP contribution is 2.32. The number of aromatic nitrogens is 2. The summed E-state index contributed by atoms with van der Waals surface area (Å²) in [6.07, 6.45) is 5.03. The van der Waals surface area contributed by atoms with Crippen molar-refractivity contribution in [3.05, 3.63) is 75.8 Å². The van der Waals surface area contributed by atoms with E-state index in [0.29, 0.717) is 32.0 Å². The van der Waals surface area contributed by atoms with Gasteiger partial charge in [-0.1, -0.05) is 31.0 Å². The van der Waals surface area contributed by atoms with E-state index in [-0.39, 0.29) is 11.6 Å².